The second-order valence-corrected chi connectivity index (χ2v) is 5.48. The number of ether oxygens (including phenoxy) is 1. The molecule has 2 aromatic rings. The SMILES string of the molecule is CNC(=O)Cn1nc(C)c(Oc2cc(C)c(C#N)c(C)c2)c1C. The van der Waals surface area contributed by atoms with Crippen LogP contribution in [0.15, 0.2) is 12.1 Å². The van der Waals surface area contributed by atoms with Gasteiger partial charge in [-0.25, -0.2) is 0 Å². The fourth-order valence-electron chi connectivity index (χ4n) is 2.47. The number of nitriles is 1. The van der Waals surface area contributed by atoms with Gasteiger partial charge in [0.05, 0.1) is 17.3 Å². The zero-order chi connectivity index (χ0) is 17.1. The van der Waals surface area contributed by atoms with E-state index in [0.29, 0.717) is 22.8 Å². The van der Waals surface area contributed by atoms with Crippen molar-refractivity contribution in [3.63, 3.8) is 0 Å². The third-order valence-electron chi connectivity index (χ3n) is 3.73. The molecular formula is C17H20N4O2. The van der Waals surface area contributed by atoms with Crippen molar-refractivity contribution in [2.75, 3.05) is 7.05 Å². The lowest BCUT2D eigenvalue weighted by molar-refractivity contribution is -0.121. The summed E-state index contributed by atoms with van der Waals surface area (Å²) in [7, 11) is 1.59. The number of carbonyl (C=O) groups is 1. The monoisotopic (exact) mass is 312 g/mol. The predicted molar refractivity (Wildman–Crippen MR) is 86.5 cm³/mol. The van der Waals surface area contributed by atoms with Crippen LogP contribution in [0.3, 0.4) is 0 Å². The molecule has 120 valence electrons. The van der Waals surface area contributed by atoms with Crippen LogP contribution in [0.4, 0.5) is 0 Å². The first-order chi connectivity index (χ1) is 10.9. The van der Waals surface area contributed by atoms with Crippen LogP contribution in [0.25, 0.3) is 0 Å². The second kappa shape index (κ2) is 6.53. The number of aromatic nitrogens is 2. The van der Waals surface area contributed by atoms with E-state index in [1.807, 2.05) is 39.8 Å². The van der Waals surface area contributed by atoms with Crippen LogP contribution < -0.4 is 10.1 Å². The first-order valence-corrected chi connectivity index (χ1v) is 7.31. The Balaban J connectivity index is 2.34. The standard InChI is InChI=1S/C17H20N4O2/c1-10-6-14(7-11(2)15(10)8-18)23-17-12(3)20-21(13(17)4)9-16(22)19-5/h6-7H,9H2,1-5H3,(H,19,22). The summed E-state index contributed by atoms with van der Waals surface area (Å²) in [6.45, 7) is 7.62. The molecule has 0 unspecified atom stereocenters. The van der Waals surface area contributed by atoms with E-state index in [4.69, 9.17) is 10.00 Å². The lowest BCUT2D eigenvalue weighted by atomic mass is 10.0. The minimum atomic E-state index is -0.118. The fraction of sp³-hybridized carbons (Fsp3) is 0.353. The molecule has 0 spiro atoms. The predicted octanol–water partition coefficient (Wildman–Crippen LogP) is 2.53. The number of carbonyl (C=O) groups excluding carboxylic acids is 1. The van der Waals surface area contributed by atoms with Crippen molar-refractivity contribution in [1.82, 2.24) is 15.1 Å². The first kappa shape index (κ1) is 16.6. The highest BCUT2D eigenvalue weighted by molar-refractivity contribution is 5.75. The maximum atomic E-state index is 11.5. The fourth-order valence-corrected chi connectivity index (χ4v) is 2.47. The Hall–Kier alpha value is -2.81. The van der Waals surface area contributed by atoms with Crippen LogP contribution in [0, 0.1) is 39.0 Å². The van der Waals surface area contributed by atoms with Crippen LogP contribution in [0.5, 0.6) is 11.5 Å². The number of hydrogen-bond acceptors (Lipinski definition) is 4. The van der Waals surface area contributed by atoms with Gasteiger partial charge in [0, 0.05) is 7.05 Å². The lowest BCUT2D eigenvalue weighted by Gasteiger charge is -2.10. The van der Waals surface area contributed by atoms with Crippen molar-refractivity contribution >= 4 is 5.91 Å². The topological polar surface area (TPSA) is 79.9 Å². The second-order valence-electron chi connectivity index (χ2n) is 5.48. The number of nitrogens with zero attached hydrogens (tertiary/aromatic N) is 3. The quantitative estimate of drug-likeness (QED) is 0.940. The molecule has 1 amide bonds. The van der Waals surface area contributed by atoms with Crippen molar-refractivity contribution in [3.05, 3.63) is 40.2 Å². The molecule has 23 heavy (non-hydrogen) atoms. The van der Waals surface area contributed by atoms with Gasteiger partial charge in [-0.05, 0) is 51.0 Å². The largest absolute Gasteiger partial charge is 0.453 e. The Labute approximate surface area is 135 Å². The Morgan fingerprint density at radius 2 is 1.91 bits per heavy atom. The molecular weight excluding hydrogens is 292 g/mol. The van der Waals surface area contributed by atoms with E-state index in [1.165, 1.54) is 0 Å². The van der Waals surface area contributed by atoms with Crippen molar-refractivity contribution in [2.45, 2.75) is 34.2 Å². The summed E-state index contributed by atoms with van der Waals surface area (Å²) in [5.41, 5.74) is 3.91. The molecule has 0 saturated carbocycles. The van der Waals surface area contributed by atoms with E-state index in [0.717, 1.165) is 16.8 Å². The van der Waals surface area contributed by atoms with E-state index in [-0.39, 0.29) is 12.5 Å². The number of amides is 1. The smallest absolute Gasteiger partial charge is 0.241 e. The van der Waals surface area contributed by atoms with Gasteiger partial charge in [-0.3, -0.25) is 9.48 Å². The van der Waals surface area contributed by atoms with Gasteiger partial charge in [0.15, 0.2) is 5.75 Å². The molecule has 6 heteroatoms. The van der Waals surface area contributed by atoms with Crippen LogP contribution in [0.1, 0.15) is 28.1 Å². The Morgan fingerprint density at radius 1 is 1.30 bits per heavy atom. The van der Waals surface area contributed by atoms with Crippen LogP contribution in [-0.4, -0.2) is 22.7 Å². The summed E-state index contributed by atoms with van der Waals surface area (Å²) in [6.07, 6.45) is 0. The highest BCUT2D eigenvalue weighted by atomic mass is 16.5. The maximum absolute atomic E-state index is 11.5. The zero-order valence-electron chi connectivity index (χ0n) is 14.0. The highest BCUT2D eigenvalue weighted by Gasteiger charge is 2.16. The molecule has 1 aromatic heterocycles. The van der Waals surface area contributed by atoms with Crippen LogP contribution in [0.2, 0.25) is 0 Å². The lowest BCUT2D eigenvalue weighted by Crippen LogP contribution is -2.24. The van der Waals surface area contributed by atoms with Gasteiger partial charge in [0.2, 0.25) is 5.91 Å². The minimum Gasteiger partial charge on any atom is -0.453 e. The van der Waals surface area contributed by atoms with Crippen LogP contribution in [-0.2, 0) is 11.3 Å². The van der Waals surface area contributed by atoms with Crippen molar-refractivity contribution in [3.8, 4) is 17.6 Å². The molecule has 0 atom stereocenters. The Bertz CT molecular complexity index is 777. The Kier molecular flexibility index (Phi) is 4.70. The molecule has 0 aliphatic carbocycles. The molecule has 0 aliphatic rings. The summed E-state index contributed by atoms with van der Waals surface area (Å²) in [5.74, 6) is 1.18. The normalized spacial score (nSPS) is 10.3. The number of benzene rings is 1. The van der Waals surface area contributed by atoms with E-state index >= 15 is 0 Å². The van der Waals surface area contributed by atoms with Gasteiger partial charge < -0.3 is 10.1 Å². The summed E-state index contributed by atoms with van der Waals surface area (Å²) in [5, 5.41) is 16.1. The van der Waals surface area contributed by atoms with Gasteiger partial charge in [0.1, 0.15) is 18.0 Å². The van der Waals surface area contributed by atoms with Gasteiger partial charge >= 0.3 is 0 Å². The molecule has 0 radical (unpaired) electrons. The molecule has 0 aliphatic heterocycles. The van der Waals surface area contributed by atoms with Crippen molar-refractivity contribution in [1.29, 1.82) is 5.26 Å². The maximum Gasteiger partial charge on any atom is 0.241 e. The minimum absolute atomic E-state index is 0.118. The third-order valence-corrected chi connectivity index (χ3v) is 3.73. The van der Waals surface area contributed by atoms with E-state index in [1.54, 1.807) is 11.7 Å². The molecule has 0 fully saturated rings. The highest BCUT2D eigenvalue weighted by Crippen LogP contribution is 2.30. The molecule has 1 aromatic carbocycles. The van der Waals surface area contributed by atoms with E-state index < -0.39 is 0 Å². The summed E-state index contributed by atoms with van der Waals surface area (Å²) >= 11 is 0. The molecule has 1 N–H and O–H groups in total. The average Bonchev–Trinajstić information content (AvgIpc) is 2.74. The summed E-state index contributed by atoms with van der Waals surface area (Å²) < 4.78 is 7.59. The molecule has 1 heterocycles. The van der Waals surface area contributed by atoms with Gasteiger partial charge in [-0.15, -0.1) is 0 Å². The zero-order valence-corrected chi connectivity index (χ0v) is 14.0. The van der Waals surface area contributed by atoms with Crippen LogP contribution >= 0.6 is 0 Å². The number of hydrogen-bond donors (Lipinski definition) is 1. The number of nitrogens with one attached hydrogen (secondary N) is 1. The van der Waals surface area contributed by atoms with Crippen molar-refractivity contribution in [2.24, 2.45) is 0 Å². The third kappa shape index (κ3) is 3.34. The molecule has 0 saturated heterocycles. The van der Waals surface area contributed by atoms with Gasteiger partial charge in [-0.1, -0.05) is 0 Å². The Morgan fingerprint density at radius 3 is 2.43 bits per heavy atom. The number of aryl methyl sites for hydroxylation is 3. The summed E-state index contributed by atoms with van der Waals surface area (Å²) in [6, 6.07) is 5.86. The molecule has 0 bridgehead atoms. The average molecular weight is 312 g/mol. The van der Waals surface area contributed by atoms with E-state index in [2.05, 4.69) is 16.5 Å². The van der Waals surface area contributed by atoms with Crippen molar-refractivity contribution < 1.29 is 9.53 Å². The molecule has 2 rings (SSSR count). The number of likely N-dealkylation sites (N-methyl/N-ethyl adjacent to an activating group) is 1. The van der Waals surface area contributed by atoms with Gasteiger partial charge in [0.25, 0.3) is 0 Å². The first-order valence-electron chi connectivity index (χ1n) is 7.31. The summed E-state index contributed by atoms with van der Waals surface area (Å²) in [4.78, 5) is 11.5. The number of rotatable bonds is 4. The van der Waals surface area contributed by atoms with E-state index in [9.17, 15) is 4.79 Å². The molecule has 6 nitrogen and oxygen atoms in total. The van der Waals surface area contributed by atoms with Gasteiger partial charge in [-0.2, -0.15) is 10.4 Å².